The molecule has 3 atom stereocenters. The molecule has 3 aliphatic rings. The third kappa shape index (κ3) is 4.06. The van der Waals surface area contributed by atoms with Gasteiger partial charge in [0.2, 0.25) is 5.91 Å². The molecule has 3 N–H and O–H groups in total. The maximum Gasteiger partial charge on any atom is 0.418 e. The number of hydrogen-bond donors (Lipinski definition) is 2. The molecule has 3 rings (SSSR count). The number of piperidine rings is 1. The Kier molecular flexibility index (Phi) is 5.40. The molecular weight excluding hydrogens is 382 g/mol. The number of carbonyl (C=O) groups is 3. The number of nitrogens with zero attached hydrogens (tertiary/aromatic N) is 4. The summed E-state index contributed by atoms with van der Waals surface area (Å²) in [6.45, 7) is 0.921. The minimum Gasteiger partial charge on any atom is -0.309 e. The highest BCUT2D eigenvalue weighted by molar-refractivity contribution is 7.80. The molecule has 3 aliphatic heterocycles. The number of hydrazine groups is 1. The molecule has 0 aliphatic carbocycles. The minimum atomic E-state index is -4.87. The van der Waals surface area contributed by atoms with E-state index in [2.05, 4.69) is 4.28 Å². The number of amides is 4. The highest BCUT2D eigenvalue weighted by Gasteiger charge is 2.50. The first-order valence-electron chi connectivity index (χ1n) is 8.67. The van der Waals surface area contributed by atoms with Gasteiger partial charge in [0.15, 0.2) is 0 Å². The van der Waals surface area contributed by atoms with E-state index in [9.17, 15) is 22.8 Å². The van der Waals surface area contributed by atoms with Crippen molar-refractivity contribution in [1.29, 1.82) is 0 Å². The zero-order valence-electron chi connectivity index (χ0n) is 14.9. The summed E-state index contributed by atoms with van der Waals surface area (Å²) in [5.41, 5.74) is 0. The molecule has 12 nitrogen and oxygen atoms in total. The lowest BCUT2D eigenvalue weighted by molar-refractivity contribution is -0.149. The van der Waals surface area contributed by atoms with Crippen LogP contribution in [0.5, 0.6) is 0 Å². The highest BCUT2D eigenvalue weighted by atomic mass is 32.3. The van der Waals surface area contributed by atoms with Crippen LogP contribution in [0.15, 0.2) is 0 Å². The lowest BCUT2D eigenvalue weighted by Crippen LogP contribution is -2.55. The van der Waals surface area contributed by atoms with Crippen LogP contribution in [0, 0.1) is 0 Å². The lowest BCUT2D eigenvalue weighted by atomic mass is 10.00. The van der Waals surface area contributed by atoms with Crippen LogP contribution < -0.4 is 5.84 Å². The fraction of sp³-hybridized carbons (Fsp3) is 0.786. The van der Waals surface area contributed by atoms with E-state index >= 15 is 0 Å². The van der Waals surface area contributed by atoms with Crippen molar-refractivity contribution in [2.24, 2.45) is 5.84 Å². The standard InChI is InChI=1S/C14H23N5O7S/c1-16-6-2-3-9(16)7-12(20)18(15)13(21)11-5-4-10-8-17(11)14(22)19(10)26-27(23,24)25/h9-11H,2-8,15H2,1H3,(H,23,24,25)/t9?,10-,11+/m1/s1. The van der Waals surface area contributed by atoms with Crippen LogP contribution >= 0.6 is 0 Å². The van der Waals surface area contributed by atoms with E-state index in [1.807, 2.05) is 11.9 Å². The molecule has 2 bridgehead atoms. The summed E-state index contributed by atoms with van der Waals surface area (Å²) in [5, 5.41) is 1.09. The molecule has 0 aromatic carbocycles. The Labute approximate surface area is 156 Å². The maximum absolute atomic E-state index is 12.7. The normalized spacial score (nSPS) is 28.7. The van der Waals surface area contributed by atoms with Gasteiger partial charge < -0.3 is 9.80 Å². The second-order valence-corrected chi connectivity index (χ2v) is 8.10. The van der Waals surface area contributed by atoms with Gasteiger partial charge in [-0.2, -0.15) is 13.5 Å². The molecular formula is C14H23N5O7S. The van der Waals surface area contributed by atoms with Crippen LogP contribution in [0.4, 0.5) is 4.79 Å². The number of urea groups is 1. The quantitative estimate of drug-likeness (QED) is 0.246. The monoisotopic (exact) mass is 405 g/mol. The third-order valence-electron chi connectivity index (χ3n) is 5.37. The van der Waals surface area contributed by atoms with E-state index in [0.717, 1.165) is 24.3 Å². The van der Waals surface area contributed by atoms with Crippen LogP contribution in [-0.2, 0) is 24.3 Å². The third-order valence-corrected chi connectivity index (χ3v) is 5.72. The second-order valence-electron chi connectivity index (χ2n) is 7.09. The van der Waals surface area contributed by atoms with Crippen molar-refractivity contribution in [1.82, 2.24) is 19.9 Å². The topological polar surface area (TPSA) is 154 Å². The predicted octanol–water partition coefficient (Wildman–Crippen LogP) is -1.30. The van der Waals surface area contributed by atoms with Crippen LogP contribution in [-0.4, -0.2) is 89.0 Å². The summed E-state index contributed by atoms with van der Waals surface area (Å²) < 4.78 is 34.9. The summed E-state index contributed by atoms with van der Waals surface area (Å²) in [5.74, 6) is 4.47. The van der Waals surface area contributed by atoms with E-state index < -0.39 is 40.3 Å². The molecule has 0 aromatic rings. The summed E-state index contributed by atoms with van der Waals surface area (Å²) in [6, 6.07) is -2.44. The van der Waals surface area contributed by atoms with E-state index in [-0.39, 0.29) is 31.8 Å². The highest BCUT2D eigenvalue weighted by Crippen LogP contribution is 2.31. The molecule has 3 saturated heterocycles. The largest absolute Gasteiger partial charge is 0.418 e. The number of hydroxylamine groups is 2. The molecule has 4 amide bonds. The predicted molar refractivity (Wildman–Crippen MR) is 89.7 cm³/mol. The number of fused-ring (bicyclic) bond motifs is 2. The van der Waals surface area contributed by atoms with Crippen LogP contribution in [0.2, 0.25) is 0 Å². The molecule has 0 radical (unpaired) electrons. The number of imide groups is 1. The van der Waals surface area contributed by atoms with Crippen LogP contribution in [0.25, 0.3) is 0 Å². The molecule has 0 aromatic heterocycles. The zero-order chi connectivity index (χ0) is 19.9. The average molecular weight is 405 g/mol. The summed E-state index contributed by atoms with van der Waals surface area (Å²) in [6.07, 6.45) is 2.40. The molecule has 152 valence electrons. The van der Waals surface area contributed by atoms with Crippen molar-refractivity contribution in [2.45, 2.75) is 50.2 Å². The Morgan fingerprint density at radius 1 is 1.33 bits per heavy atom. The number of carbonyl (C=O) groups excluding carboxylic acids is 3. The SMILES string of the molecule is CN1CCCC1CC(=O)N(N)C(=O)[C@@H]1CC[C@@H]2CN1C(=O)N2OS(=O)(=O)O. The number of hydrogen-bond acceptors (Lipinski definition) is 8. The van der Waals surface area contributed by atoms with Gasteiger partial charge in [-0.15, -0.1) is 4.28 Å². The molecule has 3 fully saturated rings. The molecule has 0 saturated carbocycles. The van der Waals surface area contributed by atoms with Gasteiger partial charge in [0.1, 0.15) is 6.04 Å². The van der Waals surface area contributed by atoms with Gasteiger partial charge in [-0.3, -0.25) is 14.1 Å². The summed E-state index contributed by atoms with van der Waals surface area (Å²) in [4.78, 5) is 40.5. The molecule has 0 spiro atoms. The van der Waals surface area contributed by atoms with E-state index in [4.69, 9.17) is 10.4 Å². The van der Waals surface area contributed by atoms with Gasteiger partial charge in [-0.1, -0.05) is 0 Å². The summed E-state index contributed by atoms with van der Waals surface area (Å²) >= 11 is 0. The van der Waals surface area contributed by atoms with Gasteiger partial charge in [-0.05, 0) is 39.3 Å². The molecule has 3 heterocycles. The van der Waals surface area contributed by atoms with Crippen molar-refractivity contribution in [3.05, 3.63) is 0 Å². The fourth-order valence-corrected chi connectivity index (χ4v) is 4.30. The van der Waals surface area contributed by atoms with Gasteiger partial charge in [0.05, 0.1) is 6.04 Å². The maximum atomic E-state index is 12.7. The van der Waals surface area contributed by atoms with Crippen molar-refractivity contribution in [3.8, 4) is 0 Å². The van der Waals surface area contributed by atoms with Crippen molar-refractivity contribution in [2.75, 3.05) is 20.1 Å². The van der Waals surface area contributed by atoms with E-state index in [1.165, 1.54) is 0 Å². The average Bonchev–Trinajstić information content (AvgIpc) is 3.09. The number of nitrogens with two attached hydrogens (primary N) is 1. The second kappa shape index (κ2) is 7.31. The van der Waals surface area contributed by atoms with Gasteiger partial charge in [0, 0.05) is 19.0 Å². The Morgan fingerprint density at radius 3 is 2.63 bits per heavy atom. The fourth-order valence-electron chi connectivity index (χ4n) is 3.91. The Hall–Kier alpha value is -1.80. The molecule has 1 unspecified atom stereocenters. The summed E-state index contributed by atoms with van der Waals surface area (Å²) in [7, 11) is -2.96. The first-order valence-corrected chi connectivity index (χ1v) is 10.0. The van der Waals surface area contributed by atoms with Crippen LogP contribution in [0.3, 0.4) is 0 Å². The Morgan fingerprint density at radius 2 is 2.04 bits per heavy atom. The number of likely N-dealkylation sites (tertiary alicyclic amines) is 1. The number of rotatable bonds is 5. The molecule has 13 heteroatoms. The first-order chi connectivity index (χ1) is 12.6. The molecule has 27 heavy (non-hydrogen) atoms. The smallest absolute Gasteiger partial charge is 0.309 e. The van der Waals surface area contributed by atoms with Gasteiger partial charge >= 0.3 is 16.4 Å². The first kappa shape index (κ1) is 19.9. The van der Waals surface area contributed by atoms with Crippen molar-refractivity contribution < 1.29 is 31.6 Å². The van der Waals surface area contributed by atoms with Gasteiger partial charge in [-0.25, -0.2) is 15.6 Å². The van der Waals surface area contributed by atoms with Crippen molar-refractivity contribution >= 4 is 28.2 Å². The van der Waals surface area contributed by atoms with Gasteiger partial charge in [0.25, 0.3) is 5.91 Å². The minimum absolute atomic E-state index is 0.0270. The Balaban J connectivity index is 1.65. The van der Waals surface area contributed by atoms with E-state index in [0.29, 0.717) is 10.1 Å². The van der Waals surface area contributed by atoms with Crippen molar-refractivity contribution in [3.63, 3.8) is 0 Å². The van der Waals surface area contributed by atoms with E-state index in [1.54, 1.807) is 0 Å². The Bertz CT molecular complexity index is 744. The zero-order valence-corrected chi connectivity index (χ0v) is 15.7. The van der Waals surface area contributed by atoms with Crippen LogP contribution in [0.1, 0.15) is 32.1 Å². The lowest BCUT2D eigenvalue weighted by Gasteiger charge is -2.31.